The van der Waals surface area contributed by atoms with Crippen molar-refractivity contribution in [2.45, 2.75) is 45.6 Å². The second-order valence-electron chi connectivity index (χ2n) is 6.61. The minimum Gasteiger partial charge on any atom is -0.487 e. The monoisotopic (exact) mass is 370 g/mol. The number of aromatic nitrogens is 1. The van der Waals surface area contributed by atoms with Gasteiger partial charge < -0.3 is 9.64 Å². The third-order valence-electron chi connectivity index (χ3n) is 4.53. The van der Waals surface area contributed by atoms with Crippen LogP contribution in [-0.4, -0.2) is 28.9 Å². The van der Waals surface area contributed by atoms with Crippen molar-refractivity contribution in [3.05, 3.63) is 52.0 Å². The highest BCUT2D eigenvalue weighted by molar-refractivity contribution is 7.09. The topological polar surface area (TPSA) is 42.4 Å². The zero-order chi connectivity index (χ0) is 18.2. The van der Waals surface area contributed by atoms with Crippen LogP contribution in [-0.2, 0) is 11.4 Å². The lowest BCUT2D eigenvalue weighted by Crippen LogP contribution is -2.32. The maximum Gasteiger partial charge on any atom is 0.246 e. The number of nitrogens with zero attached hydrogens (tertiary/aromatic N) is 2. The molecule has 4 nitrogen and oxygen atoms in total. The van der Waals surface area contributed by atoms with Crippen molar-refractivity contribution < 1.29 is 9.53 Å². The number of thiazole rings is 1. The van der Waals surface area contributed by atoms with Crippen molar-refractivity contribution in [3.8, 4) is 5.75 Å². The second kappa shape index (κ2) is 9.53. The molecule has 1 aromatic carbocycles. The zero-order valence-corrected chi connectivity index (χ0v) is 16.1. The van der Waals surface area contributed by atoms with Crippen LogP contribution in [0.4, 0.5) is 0 Å². The van der Waals surface area contributed by atoms with Gasteiger partial charge in [0.05, 0.1) is 10.7 Å². The molecule has 0 aliphatic carbocycles. The van der Waals surface area contributed by atoms with E-state index in [1.807, 2.05) is 47.5 Å². The molecule has 1 saturated heterocycles. The third-order valence-corrected chi connectivity index (χ3v) is 5.36. The molecule has 138 valence electrons. The first kappa shape index (κ1) is 18.6. The van der Waals surface area contributed by atoms with Crippen LogP contribution in [0.5, 0.6) is 5.75 Å². The van der Waals surface area contributed by atoms with Crippen LogP contribution in [0, 0.1) is 6.92 Å². The van der Waals surface area contributed by atoms with E-state index in [2.05, 4.69) is 4.98 Å². The maximum absolute atomic E-state index is 12.5. The van der Waals surface area contributed by atoms with Gasteiger partial charge in [-0.25, -0.2) is 4.98 Å². The summed E-state index contributed by atoms with van der Waals surface area (Å²) in [5.74, 6) is 0.867. The molecule has 1 amide bonds. The molecule has 5 heteroatoms. The smallest absolute Gasteiger partial charge is 0.246 e. The Morgan fingerprint density at radius 2 is 1.92 bits per heavy atom. The van der Waals surface area contributed by atoms with E-state index in [0.29, 0.717) is 6.61 Å². The molecule has 1 aliphatic heterocycles. The number of hydrogen-bond acceptors (Lipinski definition) is 4. The van der Waals surface area contributed by atoms with Gasteiger partial charge >= 0.3 is 0 Å². The normalized spacial score (nSPS) is 15.7. The van der Waals surface area contributed by atoms with E-state index in [-0.39, 0.29) is 5.91 Å². The molecule has 0 saturated carbocycles. The van der Waals surface area contributed by atoms with Crippen molar-refractivity contribution in [1.29, 1.82) is 0 Å². The third kappa shape index (κ3) is 5.43. The van der Waals surface area contributed by atoms with Crippen LogP contribution in [0.3, 0.4) is 0 Å². The van der Waals surface area contributed by atoms with E-state index in [1.54, 1.807) is 17.4 Å². The molecule has 2 aromatic rings. The van der Waals surface area contributed by atoms with E-state index in [4.69, 9.17) is 4.74 Å². The molecule has 2 heterocycles. The Kier molecular flexibility index (Phi) is 6.83. The van der Waals surface area contributed by atoms with Crippen LogP contribution in [0.1, 0.15) is 48.4 Å². The van der Waals surface area contributed by atoms with Crippen LogP contribution in [0.25, 0.3) is 6.08 Å². The summed E-state index contributed by atoms with van der Waals surface area (Å²) in [6, 6.07) is 7.80. The summed E-state index contributed by atoms with van der Waals surface area (Å²) in [6.45, 7) is 4.16. The summed E-state index contributed by atoms with van der Waals surface area (Å²) in [6.07, 6.45) is 9.49. The Bertz CT molecular complexity index is 746. The lowest BCUT2D eigenvalue weighted by atomic mass is 10.1. The summed E-state index contributed by atoms with van der Waals surface area (Å²) in [7, 11) is 0. The van der Waals surface area contributed by atoms with Gasteiger partial charge in [0.1, 0.15) is 12.4 Å². The fourth-order valence-electron chi connectivity index (χ4n) is 3.11. The summed E-state index contributed by atoms with van der Waals surface area (Å²) in [5.41, 5.74) is 1.85. The number of likely N-dealkylation sites (tertiary alicyclic amines) is 1. The van der Waals surface area contributed by atoms with Crippen LogP contribution >= 0.6 is 11.3 Å². The lowest BCUT2D eigenvalue weighted by molar-refractivity contribution is -0.126. The molecule has 26 heavy (non-hydrogen) atoms. The number of para-hydroxylation sites is 1. The van der Waals surface area contributed by atoms with Crippen molar-refractivity contribution in [2.75, 3.05) is 13.1 Å². The first-order chi connectivity index (χ1) is 12.7. The molecular weight excluding hydrogens is 344 g/mol. The quantitative estimate of drug-likeness (QED) is 0.708. The number of rotatable bonds is 5. The summed E-state index contributed by atoms with van der Waals surface area (Å²) < 4.78 is 5.92. The minimum atomic E-state index is 0.0943. The Hall–Kier alpha value is -2.14. The summed E-state index contributed by atoms with van der Waals surface area (Å²) >= 11 is 1.62. The van der Waals surface area contributed by atoms with E-state index in [1.165, 1.54) is 19.3 Å². The van der Waals surface area contributed by atoms with Crippen molar-refractivity contribution in [1.82, 2.24) is 9.88 Å². The van der Waals surface area contributed by atoms with Crippen molar-refractivity contribution >= 4 is 23.3 Å². The van der Waals surface area contributed by atoms with Gasteiger partial charge in [-0.2, -0.15) is 0 Å². The number of ether oxygens (including phenoxy) is 1. The Morgan fingerprint density at radius 1 is 1.19 bits per heavy atom. The van der Waals surface area contributed by atoms with E-state index < -0.39 is 0 Å². The number of aryl methyl sites for hydroxylation is 1. The second-order valence-corrected chi connectivity index (χ2v) is 7.67. The van der Waals surface area contributed by atoms with Gasteiger partial charge in [-0.05, 0) is 31.9 Å². The van der Waals surface area contributed by atoms with Gasteiger partial charge in [-0.1, -0.05) is 37.5 Å². The first-order valence-corrected chi connectivity index (χ1v) is 10.2. The largest absolute Gasteiger partial charge is 0.487 e. The summed E-state index contributed by atoms with van der Waals surface area (Å²) in [5, 5.41) is 3.05. The van der Waals surface area contributed by atoms with Gasteiger partial charge in [0, 0.05) is 30.1 Å². The predicted molar refractivity (Wildman–Crippen MR) is 106 cm³/mol. The first-order valence-electron chi connectivity index (χ1n) is 9.32. The highest BCUT2D eigenvalue weighted by Gasteiger charge is 2.12. The average molecular weight is 371 g/mol. The molecule has 1 aliphatic rings. The number of amides is 1. The van der Waals surface area contributed by atoms with Gasteiger partial charge in [0.25, 0.3) is 0 Å². The SMILES string of the molecule is Cc1nc(COc2ccccc2/C=C/C(=O)N2CCCCCCC2)cs1. The zero-order valence-electron chi connectivity index (χ0n) is 15.3. The lowest BCUT2D eigenvalue weighted by Gasteiger charge is -2.23. The molecule has 0 atom stereocenters. The van der Waals surface area contributed by atoms with Crippen LogP contribution < -0.4 is 4.74 Å². The van der Waals surface area contributed by atoms with E-state index in [9.17, 15) is 4.79 Å². The van der Waals surface area contributed by atoms with Gasteiger partial charge in [-0.15, -0.1) is 11.3 Å². The molecule has 1 fully saturated rings. The number of hydrogen-bond donors (Lipinski definition) is 0. The predicted octanol–water partition coefficient (Wildman–Crippen LogP) is 4.84. The van der Waals surface area contributed by atoms with Gasteiger partial charge in [-0.3, -0.25) is 4.79 Å². The van der Waals surface area contributed by atoms with Crippen LogP contribution in [0.2, 0.25) is 0 Å². The number of benzene rings is 1. The highest BCUT2D eigenvalue weighted by atomic mass is 32.1. The molecule has 1 aromatic heterocycles. The van der Waals surface area contributed by atoms with Gasteiger partial charge in [0.15, 0.2) is 0 Å². The molecule has 3 rings (SSSR count). The highest BCUT2D eigenvalue weighted by Crippen LogP contribution is 2.21. The maximum atomic E-state index is 12.5. The minimum absolute atomic E-state index is 0.0943. The molecule has 0 N–H and O–H groups in total. The Morgan fingerprint density at radius 3 is 2.65 bits per heavy atom. The van der Waals surface area contributed by atoms with Crippen LogP contribution in [0.15, 0.2) is 35.7 Å². The molecule has 0 radical (unpaired) electrons. The van der Waals surface area contributed by atoms with Gasteiger partial charge in [0.2, 0.25) is 5.91 Å². The Balaban J connectivity index is 1.62. The Labute approximate surface area is 159 Å². The number of carbonyl (C=O) groups excluding carboxylic acids is 1. The average Bonchev–Trinajstić information content (AvgIpc) is 3.03. The standard InChI is InChI=1S/C21H26N2O2S/c1-17-22-19(16-26-17)15-25-20-10-6-5-9-18(20)11-12-21(24)23-13-7-3-2-4-8-14-23/h5-6,9-12,16H,2-4,7-8,13-15H2,1H3/b12-11+. The summed E-state index contributed by atoms with van der Waals surface area (Å²) in [4.78, 5) is 18.9. The molecule has 0 bridgehead atoms. The fraction of sp³-hybridized carbons (Fsp3) is 0.429. The molecule has 0 spiro atoms. The fourth-order valence-corrected chi connectivity index (χ4v) is 3.71. The van der Waals surface area contributed by atoms with Crippen molar-refractivity contribution in [2.24, 2.45) is 0 Å². The molecule has 0 unspecified atom stereocenters. The van der Waals surface area contributed by atoms with Crippen molar-refractivity contribution in [3.63, 3.8) is 0 Å². The molecular formula is C21H26N2O2S. The number of carbonyl (C=O) groups is 1. The van der Waals surface area contributed by atoms with E-state index >= 15 is 0 Å². The van der Waals surface area contributed by atoms with E-state index in [0.717, 1.165) is 47.9 Å².